The van der Waals surface area contributed by atoms with Crippen LogP contribution in [0, 0.1) is 0 Å². The van der Waals surface area contributed by atoms with Crippen molar-refractivity contribution in [3.63, 3.8) is 0 Å². The van der Waals surface area contributed by atoms with E-state index in [0.29, 0.717) is 13.0 Å². The Morgan fingerprint density at radius 2 is 1.77 bits per heavy atom. The quantitative estimate of drug-likeness (QED) is 0.711. The molecule has 0 aromatic rings. The third-order valence-corrected chi connectivity index (χ3v) is 4.56. The average molecular weight is 208 g/mol. The Kier molecular flexibility index (Phi) is 4.88. The van der Waals surface area contributed by atoms with Crippen molar-refractivity contribution in [3.05, 3.63) is 0 Å². The molecule has 80 valence electrons. The summed E-state index contributed by atoms with van der Waals surface area (Å²) in [6.07, 6.45) is 0.697. The van der Waals surface area contributed by atoms with Crippen molar-refractivity contribution in [1.82, 2.24) is 4.31 Å². The van der Waals surface area contributed by atoms with E-state index in [1.165, 1.54) is 4.31 Å². The highest BCUT2D eigenvalue weighted by atomic mass is 32.2. The van der Waals surface area contributed by atoms with E-state index < -0.39 is 10.0 Å². The van der Waals surface area contributed by atoms with E-state index in [-0.39, 0.29) is 11.3 Å². The number of hydrogen-bond acceptors (Lipinski definition) is 3. The first-order valence-electron chi connectivity index (χ1n) is 4.51. The van der Waals surface area contributed by atoms with E-state index in [0.717, 1.165) is 0 Å². The summed E-state index contributed by atoms with van der Waals surface area (Å²) in [6, 6.07) is -0.0163. The molecule has 0 spiro atoms. The summed E-state index contributed by atoms with van der Waals surface area (Å²) < 4.78 is 24.7. The van der Waals surface area contributed by atoms with Crippen molar-refractivity contribution in [1.29, 1.82) is 0 Å². The molecule has 13 heavy (non-hydrogen) atoms. The second kappa shape index (κ2) is 4.93. The minimum absolute atomic E-state index is 0.0163. The van der Waals surface area contributed by atoms with Crippen LogP contribution < -0.4 is 5.73 Å². The zero-order valence-electron chi connectivity index (χ0n) is 8.82. The number of rotatable bonds is 5. The van der Waals surface area contributed by atoms with E-state index in [4.69, 9.17) is 5.73 Å². The largest absolute Gasteiger partial charge is 0.330 e. The van der Waals surface area contributed by atoms with Gasteiger partial charge >= 0.3 is 0 Å². The molecule has 4 nitrogen and oxygen atoms in total. The topological polar surface area (TPSA) is 63.4 Å². The van der Waals surface area contributed by atoms with Crippen molar-refractivity contribution < 1.29 is 8.42 Å². The lowest BCUT2D eigenvalue weighted by atomic mass is 10.2. The zero-order valence-corrected chi connectivity index (χ0v) is 9.63. The minimum atomic E-state index is -3.12. The molecule has 0 aliphatic heterocycles. The van der Waals surface area contributed by atoms with Gasteiger partial charge in [0.25, 0.3) is 0 Å². The molecule has 0 aromatic carbocycles. The molecule has 1 unspecified atom stereocenters. The first kappa shape index (κ1) is 12.9. The first-order chi connectivity index (χ1) is 5.84. The van der Waals surface area contributed by atoms with Gasteiger partial charge in [-0.2, -0.15) is 0 Å². The molecule has 0 heterocycles. The fourth-order valence-corrected chi connectivity index (χ4v) is 2.28. The van der Waals surface area contributed by atoms with Crippen LogP contribution in [-0.4, -0.2) is 37.6 Å². The molecule has 0 saturated heterocycles. The third kappa shape index (κ3) is 3.25. The van der Waals surface area contributed by atoms with Gasteiger partial charge in [0, 0.05) is 13.1 Å². The molecular formula is C8H20N2O2S. The van der Waals surface area contributed by atoms with E-state index in [9.17, 15) is 8.42 Å². The standard InChI is InChI=1S/C8H20N2O2S/c1-7(2)13(11,12)10(4)8(3)5-6-9/h7-8H,5-6,9H2,1-4H3. The number of nitrogens with zero attached hydrogens (tertiary/aromatic N) is 1. The maximum Gasteiger partial charge on any atom is 0.216 e. The van der Waals surface area contributed by atoms with Crippen molar-refractivity contribution in [2.24, 2.45) is 5.73 Å². The highest BCUT2D eigenvalue weighted by Crippen LogP contribution is 2.11. The van der Waals surface area contributed by atoms with E-state index >= 15 is 0 Å². The van der Waals surface area contributed by atoms with Gasteiger partial charge < -0.3 is 5.73 Å². The van der Waals surface area contributed by atoms with E-state index in [1.54, 1.807) is 20.9 Å². The van der Waals surface area contributed by atoms with Gasteiger partial charge in [-0.25, -0.2) is 12.7 Å². The highest BCUT2D eigenvalue weighted by molar-refractivity contribution is 7.89. The molecule has 0 saturated carbocycles. The SMILES string of the molecule is CC(CCN)N(C)S(=O)(=O)C(C)C. The highest BCUT2D eigenvalue weighted by Gasteiger charge is 2.25. The fourth-order valence-electron chi connectivity index (χ4n) is 1.01. The van der Waals surface area contributed by atoms with Crippen LogP contribution in [-0.2, 0) is 10.0 Å². The van der Waals surface area contributed by atoms with Gasteiger partial charge in [-0.05, 0) is 33.7 Å². The predicted octanol–water partition coefficient (Wildman–Crippen LogP) is 0.394. The molecular weight excluding hydrogens is 188 g/mol. The van der Waals surface area contributed by atoms with Crippen molar-refractivity contribution >= 4 is 10.0 Å². The summed E-state index contributed by atoms with van der Waals surface area (Å²) in [6.45, 7) is 5.74. The van der Waals surface area contributed by atoms with Gasteiger partial charge in [0.2, 0.25) is 10.0 Å². The molecule has 2 N–H and O–H groups in total. The summed E-state index contributed by atoms with van der Waals surface area (Å²) in [5, 5.41) is -0.363. The smallest absolute Gasteiger partial charge is 0.216 e. The molecule has 0 fully saturated rings. The van der Waals surface area contributed by atoms with Crippen LogP contribution in [0.4, 0.5) is 0 Å². The van der Waals surface area contributed by atoms with Crippen LogP contribution >= 0.6 is 0 Å². The number of sulfonamides is 1. The molecule has 0 aromatic heterocycles. The molecule has 0 aliphatic rings. The Hall–Kier alpha value is -0.130. The minimum Gasteiger partial charge on any atom is -0.330 e. The van der Waals surface area contributed by atoms with E-state index in [2.05, 4.69) is 0 Å². The van der Waals surface area contributed by atoms with Crippen LogP contribution in [0.15, 0.2) is 0 Å². The number of nitrogens with two attached hydrogens (primary N) is 1. The van der Waals surface area contributed by atoms with Crippen LogP contribution in [0.2, 0.25) is 0 Å². The van der Waals surface area contributed by atoms with Gasteiger partial charge in [-0.15, -0.1) is 0 Å². The van der Waals surface area contributed by atoms with Gasteiger partial charge in [0.1, 0.15) is 0 Å². The van der Waals surface area contributed by atoms with Crippen molar-refractivity contribution in [3.8, 4) is 0 Å². The van der Waals surface area contributed by atoms with Crippen LogP contribution in [0.3, 0.4) is 0 Å². The second-order valence-corrected chi connectivity index (χ2v) is 6.09. The molecule has 0 aliphatic carbocycles. The summed E-state index contributed by atoms with van der Waals surface area (Å²) in [5.74, 6) is 0. The van der Waals surface area contributed by atoms with Gasteiger partial charge in [-0.3, -0.25) is 0 Å². The average Bonchev–Trinajstić information content (AvgIpc) is 2.03. The maximum atomic E-state index is 11.6. The Morgan fingerprint density at radius 3 is 2.08 bits per heavy atom. The van der Waals surface area contributed by atoms with Crippen molar-refractivity contribution in [2.75, 3.05) is 13.6 Å². The lowest BCUT2D eigenvalue weighted by molar-refractivity contribution is 0.371. The lowest BCUT2D eigenvalue weighted by Gasteiger charge is -2.25. The normalized spacial score (nSPS) is 15.3. The molecule has 5 heteroatoms. The van der Waals surface area contributed by atoms with Crippen LogP contribution in [0.25, 0.3) is 0 Å². The summed E-state index contributed by atoms with van der Waals surface area (Å²) in [4.78, 5) is 0. The molecule has 0 amide bonds. The number of hydrogen-bond donors (Lipinski definition) is 1. The molecule has 0 radical (unpaired) electrons. The van der Waals surface area contributed by atoms with Crippen molar-refractivity contribution in [2.45, 2.75) is 38.5 Å². The summed E-state index contributed by atoms with van der Waals surface area (Å²) in [7, 11) is -1.51. The molecule has 1 atom stereocenters. The third-order valence-electron chi connectivity index (χ3n) is 2.20. The molecule has 0 rings (SSSR count). The predicted molar refractivity (Wildman–Crippen MR) is 55.0 cm³/mol. The second-order valence-electron chi connectivity index (χ2n) is 3.54. The summed E-state index contributed by atoms with van der Waals surface area (Å²) in [5.41, 5.74) is 5.37. The first-order valence-corrected chi connectivity index (χ1v) is 6.01. The lowest BCUT2D eigenvalue weighted by Crippen LogP contribution is -2.40. The Bertz CT molecular complexity index is 237. The molecule has 0 bridgehead atoms. The monoisotopic (exact) mass is 208 g/mol. The Balaban J connectivity index is 4.50. The Labute approximate surface area is 81.2 Å². The fraction of sp³-hybridized carbons (Fsp3) is 1.00. The summed E-state index contributed by atoms with van der Waals surface area (Å²) >= 11 is 0. The van der Waals surface area contributed by atoms with E-state index in [1.807, 2.05) is 6.92 Å². The van der Waals surface area contributed by atoms with Gasteiger partial charge in [0.05, 0.1) is 5.25 Å². The zero-order chi connectivity index (χ0) is 10.6. The maximum absolute atomic E-state index is 11.6. The van der Waals surface area contributed by atoms with Gasteiger partial charge in [0.15, 0.2) is 0 Å². The van der Waals surface area contributed by atoms with Gasteiger partial charge in [-0.1, -0.05) is 0 Å². The van der Waals surface area contributed by atoms with Crippen LogP contribution in [0.5, 0.6) is 0 Å². The Morgan fingerprint density at radius 1 is 1.31 bits per heavy atom. The van der Waals surface area contributed by atoms with Crippen LogP contribution in [0.1, 0.15) is 27.2 Å².